The van der Waals surface area contributed by atoms with Crippen LogP contribution in [0.3, 0.4) is 0 Å². The number of amides is 1. The van der Waals surface area contributed by atoms with Gasteiger partial charge in [-0.15, -0.1) is 0 Å². The molecule has 0 atom stereocenters. The molecule has 0 fully saturated rings. The van der Waals surface area contributed by atoms with Gasteiger partial charge in [-0.3, -0.25) is 9.35 Å². The molecule has 84 valence electrons. The summed E-state index contributed by atoms with van der Waals surface area (Å²) >= 11 is 0. The Labute approximate surface area is 108 Å². The van der Waals surface area contributed by atoms with Crippen LogP contribution in [-0.2, 0) is 14.9 Å². The first kappa shape index (κ1) is 20.4. The maximum Gasteiger partial charge on any atom is 1.00 e. The van der Waals surface area contributed by atoms with Crippen LogP contribution in [0, 0.1) is 0 Å². The van der Waals surface area contributed by atoms with E-state index in [1.807, 2.05) is 0 Å². The van der Waals surface area contributed by atoms with Crippen LogP contribution in [-0.4, -0.2) is 30.2 Å². The molecule has 0 radical (unpaired) electrons. The van der Waals surface area contributed by atoms with Crippen molar-refractivity contribution in [2.24, 2.45) is 0 Å². The molecule has 0 aromatic heterocycles. The molecular formula is C7H13ClLiNO4S. The molecular weight excluding hydrogens is 237 g/mol. The molecule has 0 bridgehead atoms. The van der Waals surface area contributed by atoms with Crippen molar-refractivity contribution in [1.29, 1.82) is 0 Å². The smallest absolute Gasteiger partial charge is 1.00 e. The van der Waals surface area contributed by atoms with E-state index in [1.54, 1.807) is 0 Å². The summed E-state index contributed by atoms with van der Waals surface area (Å²) in [7, 11) is -4.08. The molecule has 0 aromatic rings. The summed E-state index contributed by atoms with van der Waals surface area (Å²) in [6.45, 7) is 6.19. The zero-order chi connectivity index (χ0) is 10.7. The number of nitrogens with one attached hydrogen (secondary N) is 1. The van der Waals surface area contributed by atoms with Gasteiger partial charge in [0.1, 0.15) is 0 Å². The van der Waals surface area contributed by atoms with Crippen molar-refractivity contribution in [3.05, 3.63) is 12.7 Å². The molecule has 0 aliphatic heterocycles. The van der Waals surface area contributed by atoms with Gasteiger partial charge in [0.15, 0.2) is 0 Å². The molecule has 0 saturated heterocycles. The van der Waals surface area contributed by atoms with Gasteiger partial charge in [-0.25, -0.2) is 0 Å². The van der Waals surface area contributed by atoms with Gasteiger partial charge in [0.05, 0.1) is 11.3 Å². The van der Waals surface area contributed by atoms with E-state index in [2.05, 4.69) is 11.9 Å². The van der Waals surface area contributed by atoms with Crippen molar-refractivity contribution in [2.75, 3.05) is 5.75 Å². The number of hydrogen-bond acceptors (Lipinski definition) is 3. The summed E-state index contributed by atoms with van der Waals surface area (Å²) in [4.78, 5) is 10.8. The van der Waals surface area contributed by atoms with Gasteiger partial charge in [-0.05, 0) is 19.9 Å². The van der Waals surface area contributed by atoms with Gasteiger partial charge in [0.25, 0.3) is 10.1 Å². The van der Waals surface area contributed by atoms with Gasteiger partial charge < -0.3 is 17.7 Å². The van der Waals surface area contributed by atoms with E-state index in [0.29, 0.717) is 0 Å². The molecule has 0 rings (SSSR count). The Morgan fingerprint density at radius 1 is 1.53 bits per heavy atom. The van der Waals surface area contributed by atoms with Crippen molar-refractivity contribution in [1.82, 2.24) is 5.32 Å². The normalized spacial score (nSPS) is 10.6. The Kier molecular flexibility index (Phi) is 9.95. The monoisotopic (exact) mass is 249 g/mol. The third-order valence-electron chi connectivity index (χ3n) is 1.19. The summed E-state index contributed by atoms with van der Waals surface area (Å²) in [5.41, 5.74) is -1.00. The Balaban J connectivity index is -0.000000720. The van der Waals surface area contributed by atoms with E-state index in [9.17, 15) is 13.2 Å². The van der Waals surface area contributed by atoms with Gasteiger partial charge in [0.2, 0.25) is 5.91 Å². The van der Waals surface area contributed by atoms with Crippen LogP contribution in [0.15, 0.2) is 12.7 Å². The van der Waals surface area contributed by atoms with Gasteiger partial charge in [-0.2, -0.15) is 8.42 Å². The van der Waals surface area contributed by atoms with Crippen molar-refractivity contribution >= 4 is 16.0 Å². The van der Waals surface area contributed by atoms with Crippen LogP contribution in [0.2, 0.25) is 0 Å². The Morgan fingerprint density at radius 3 is 2.20 bits per heavy atom. The number of halogens is 1. The van der Waals surface area contributed by atoms with E-state index >= 15 is 0 Å². The average Bonchev–Trinajstić information content (AvgIpc) is 1.80. The first-order valence-corrected chi connectivity index (χ1v) is 5.17. The minimum Gasteiger partial charge on any atom is -1.00 e. The van der Waals surface area contributed by atoms with E-state index < -0.39 is 27.3 Å². The Morgan fingerprint density at radius 2 is 1.93 bits per heavy atom. The summed E-state index contributed by atoms with van der Waals surface area (Å²) in [5, 5.41) is 2.37. The molecule has 0 aromatic carbocycles. The maximum atomic E-state index is 10.8. The van der Waals surface area contributed by atoms with E-state index in [1.165, 1.54) is 13.8 Å². The maximum absolute atomic E-state index is 10.8. The second kappa shape index (κ2) is 7.31. The number of rotatable bonds is 4. The molecule has 0 spiro atoms. The topological polar surface area (TPSA) is 83.5 Å². The molecule has 15 heavy (non-hydrogen) atoms. The van der Waals surface area contributed by atoms with Gasteiger partial charge in [0, 0.05) is 0 Å². The predicted molar refractivity (Wildman–Crippen MR) is 48.8 cm³/mol. The molecule has 1 amide bonds. The van der Waals surface area contributed by atoms with Crippen molar-refractivity contribution in [2.45, 2.75) is 19.4 Å². The van der Waals surface area contributed by atoms with Crippen LogP contribution in [0.4, 0.5) is 0 Å². The fourth-order valence-corrected chi connectivity index (χ4v) is 1.86. The van der Waals surface area contributed by atoms with Crippen LogP contribution in [0.25, 0.3) is 0 Å². The molecule has 0 aliphatic rings. The minimum absolute atomic E-state index is 0. The number of hydrogen-bond donors (Lipinski definition) is 2. The van der Waals surface area contributed by atoms with E-state index in [4.69, 9.17) is 4.55 Å². The molecule has 0 unspecified atom stereocenters. The summed E-state index contributed by atoms with van der Waals surface area (Å²) in [6, 6.07) is 0. The van der Waals surface area contributed by atoms with Crippen molar-refractivity contribution < 1.29 is 49.0 Å². The fraction of sp³-hybridized carbons (Fsp3) is 0.571. The first-order chi connectivity index (χ1) is 5.66. The molecule has 8 heteroatoms. The van der Waals surface area contributed by atoms with Crippen molar-refractivity contribution in [3.8, 4) is 0 Å². The van der Waals surface area contributed by atoms with E-state index in [-0.39, 0.29) is 31.3 Å². The average molecular weight is 250 g/mol. The summed E-state index contributed by atoms with van der Waals surface area (Å²) < 4.78 is 29.5. The Bertz CT molecular complexity index is 315. The zero-order valence-electron chi connectivity index (χ0n) is 8.95. The van der Waals surface area contributed by atoms with Gasteiger partial charge in [-0.1, -0.05) is 6.58 Å². The second-order valence-electron chi connectivity index (χ2n) is 3.30. The van der Waals surface area contributed by atoms with Gasteiger partial charge >= 0.3 is 18.9 Å². The fourth-order valence-electron chi connectivity index (χ4n) is 0.877. The molecule has 0 heterocycles. The third-order valence-corrected chi connectivity index (χ3v) is 2.28. The quantitative estimate of drug-likeness (QED) is 0.295. The molecule has 5 nitrogen and oxygen atoms in total. The summed E-state index contributed by atoms with van der Waals surface area (Å²) in [5.74, 6) is -1.01. The number of carbonyl (C=O) groups is 1. The van der Waals surface area contributed by atoms with E-state index in [0.717, 1.165) is 6.08 Å². The predicted octanol–water partition coefficient (Wildman–Crippen LogP) is -6.04. The molecule has 2 N–H and O–H groups in total. The second-order valence-corrected chi connectivity index (χ2v) is 4.76. The Hall–Kier alpha value is 0.00740. The third kappa shape index (κ3) is 11.9. The van der Waals surface area contributed by atoms with Crippen molar-refractivity contribution in [3.63, 3.8) is 0 Å². The summed E-state index contributed by atoms with van der Waals surface area (Å²) in [6.07, 6.45) is 1.03. The van der Waals surface area contributed by atoms with Crippen LogP contribution in [0.1, 0.15) is 13.8 Å². The van der Waals surface area contributed by atoms with Crippen LogP contribution >= 0.6 is 0 Å². The molecule has 0 saturated carbocycles. The number of carbonyl (C=O) groups excluding carboxylic acids is 1. The SMILES string of the molecule is C=CC(=O)NC(C)(C)CS(=O)(=O)O.[Cl-].[Li+]. The first-order valence-electron chi connectivity index (χ1n) is 3.56. The standard InChI is InChI=1S/C7H13NO4S.ClH.Li/c1-4-6(9)8-7(2,3)5-13(10,11)12;;/h4H,1,5H2,2-3H3,(H,8,9)(H,10,11,12);1H;/q;;+1/p-1. The van der Waals surface area contributed by atoms with Crippen LogP contribution in [0.5, 0.6) is 0 Å². The van der Waals surface area contributed by atoms with Crippen LogP contribution < -0.4 is 36.6 Å². The molecule has 0 aliphatic carbocycles. The largest absolute Gasteiger partial charge is 1.00 e. The zero-order valence-corrected chi connectivity index (χ0v) is 10.5. The minimum atomic E-state index is -4.08.